The van der Waals surface area contributed by atoms with Gasteiger partial charge in [0.05, 0.1) is 0 Å². The number of hydrogen-bond donors (Lipinski definition) is 1. The van der Waals surface area contributed by atoms with E-state index < -0.39 is 0 Å². The van der Waals surface area contributed by atoms with Crippen LogP contribution in [0.25, 0.3) is 0 Å². The average molecular weight is 284 g/mol. The first-order valence-electron chi connectivity index (χ1n) is 6.72. The maximum atomic E-state index is 13.4. The lowest BCUT2D eigenvalue weighted by atomic mass is 10.0. The summed E-state index contributed by atoms with van der Waals surface area (Å²) in [6, 6.07) is 5.94. The topological polar surface area (TPSA) is 29.3 Å². The molecule has 0 aliphatic carbocycles. The Balaban J connectivity index is 2.94. The third kappa shape index (κ3) is 4.20. The molecule has 0 saturated heterocycles. The Bertz CT molecular complexity index is 398. The molecule has 0 radical (unpaired) electrons. The Morgan fingerprint density at radius 2 is 2.11 bits per heavy atom. The highest BCUT2D eigenvalue weighted by Gasteiger charge is 2.22. The van der Waals surface area contributed by atoms with E-state index in [0.29, 0.717) is 18.2 Å². The summed E-state index contributed by atoms with van der Waals surface area (Å²) in [5.41, 5.74) is 7.72. The van der Waals surface area contributed by atoms with E-state index in [2.05, 4.69) is 25.1 Å². The molecule has 0 amide bonds. The molecule has 0 bridgehead atoms. The molecule has 0 fully saturated rings. The van der Waals surface area contributed by atoms with Crippen LogP contribution in [0.15, 0.2) is 18.2 Å². The number of aryl methyl sites for hydroxylation is 1. The minimum Gasteiger partial charge on any atom is -0.329 e. The number of thioether (sulfide) groups is 1. The van der Waals surface area contributed by atoms with Crippen molar-refractivity contribution in [2.75, 3.05) is 25.6 Å². The van der Waals surface area contributed by atoms with Gasteiger partial charge in [0.2, 0.25) is 0 Å². The zero-order chi connectivity index (χ0) is 14.4. The molecule has 2 atom stereocenters. The summed E-state index contributed by atoms with van der Waals surface area (Å²) in [6.45, 7) is 4.54. The van der Waals surface area contributed by atoms with Gasteiger partial charge < -0.3 is 5.73 Å². The third-order valence-electron chi connectivity index (χ3n) is 3.69. The predicted molar refractivity (Wildman–Crippen MR) is 83.2 cm³/mol. The third-order valence-corrected chi connectivity index (χ3v) is 4.41. The van der Waals surface area contributed by atoms with Crippen molar-refractivity contribution in [3.8, 4) is 0 Å². The molecule has 1 rings (SSSR count). The molecule has 0 aliphatic rings. The Labute approximate surface area is 120 Å². The van der Waals surface area contributed by atoms with Crippen LogP contribution in [0.3, 0.4) is 0 Å². The minimum atomic E-state index is -0.154. The van der Waals surface area contributed by atoms with E-state index in [-0.39, 0.29) is 11.9 Å². The first kappa shape index (κ1) is 16.5. The standard InChI is InChI=1S/C15H25FN2S/c1-5-13(10-19-4)18(3)15(9-17)12-6-7-14(16)11(2)8-12/h6-8,13,15H,5,9-10,17H2,1-4H3. The van der Waals surface area contributed by atoms with Crippen molar-refractivity contribution >= 4 is 11.8 Å². The normalized spacial score (nSPS) is 14.7. The largest absolute Gasteiger partial charge is 0.329 e. The van der Waals surface area contributed by atoms with E-state index in [9.17, 15) is 4.39 Å². The molecule has 2 nitrogen and oxygen atoms in total. The number of hydrogen-bond acceptors (Lipinski definition) is 3. The number of halogens is 1. The molecule has 0 saturated carbocycles. The van der Waals surface area contributed by atoms with Gasteiger partial charge >= 0.3 is 0 Å². The van der Waals surface area contributed by atoms with Crippen molar-refractivity contribution in [3.63, 3.8) is 0 Å². The monoisotopic (exact) mass is 284 g/mol. The highest BCUT2D eigenvalue weighted by Crippen LogP contribution is 2.24. The van der Waals surface area contributed by atoms with E-state index >= 15 is 0 Å². The van der Waals surface area contributed by atoms with Crippen molar-refractivity contribution in [2.45, 2.75) is 32.4 Å². The highest BCUT2D eigenvalue weighted by atomic mass is 32.2. The summed E-state index contributed by atoms with van der Waals surface area (Å²) in [5.74, 6) is 0.933. The summed E-state index contributed by atoms with van der Waals surface area (Å²) < 4.78 is 13.4. The quantitative estimate of drug-likeness (QED) is 0.833. The molecule has 1 aromatic carbocycles. The number of nitrogens with zero attached hydrogens (tertiary/aromatic N) is 1. The van der Waals surface area contributed by atoms with Gasteiger partial charge in [-0.05, 0) is 43.8 Å². The molecule has 2 unspecified atom stereocenters. The first-order chi connectivity index (χ1) is 9.04. The smallest absolute Gasteiger partial charge is 0.126 e. The van der Waals surface area contributed by atoms with Crippen LogP contribution in [0, 0.1) is 12.7 Å². The fourth-order valence-electron chi connectivity index (χ4n) is 2.38. The highest BCUT2D eigenvalue weighted by molar-refractivity contribution is 7.98. The number of benzene rings is 1. The summed E-state index contributed by atoms with van der Waals surface area (Å²) in [6.07, 6.45) is 3.21. The first-order valence-corrected chi connectivity index (χ1v) is 8.11. The van der Waals surface area contributed by atoms with Crippen LogP contribution in [0.2, 0.25) is 0 Å². The lowest BCUT2D eigenvalue weighted by Gasteiger charge is -2.34. The summed E-state index contributed by atoms with van der Waals surface area (Å²) in [7, 11) is 2.11. The minimum absolute atomic E-state index is 0.149. The van der Waals surface area contributed by atoms with Crippen LogP contribution in [0.4, 0.5) is 4.39 Å². The van der Waals surface area contributed by atoms with Crippen LogP contribution >= 0.6 is 11.8 Å². The lowest BCUT2D eigenvalue weighted by Crippen LogP contribution is -2.39. The summed E-state index contributed by atoms with van der Waals surface area (Å²) in [4.78, 5) is 2.32. The van der Waals surface area contributed by atoms with Gasteiger partial charge in [-0.25, -0.2) is 4.39 Å². The van der Waals surface area contributed by atoms with Gasteiger partial charge in [-0.3, -0.25) is 4.90 Å². The molecule has 1 aromatic rings. The molecule has 108 valence electrons. The maximum Gasteiger partial charge on any atom is 0.126 e. The van der Waals surface area contributed by atoms with Crippen LogP contribution < -0.4 is 5.73 Å². The Morgan fingerprint density at radius 1 is 1.42 bits per heavy atom. The fraction of sp³-hybridized carbons (Fsp3) is 0.600. The number of likely N-dealkylation sites (N-methyl/N-ethyl adjacent to an activating group) is 1. The van der Waals surface area contributed by atoms with Crippen molar-refractivity contribution in [2.24, 2.45) is 5.73 Å². The van der Waals surface area contributed by atoms with E-state index in [0.717, 1.165) is 17.7 Å². The van der Waals surface area contributed by atoms with Gasteiger partial charge in [0, 0.05) is 24.4 Å². The van der Waals surface area contributed by atoms with Crippen molar-refractivity contribution in [1.82, 2.24) is 4.90 Å². The van der Waals surface area contributed by atoms with Gasteiger partial charge in [-0.2, -0.15) is 11.8 Å². The Hall–Kier alpha value is -0.580. The molecule has 0 aromatic heterocycles. The molecule has 4 heteroatoms. The van der Waals surface area contributed by atoms with Crippen LogP contribution in [-0.4, -0.2) is 36.5 Å². The molecule has 0 heterocycles. The van der Waals surface area contributed by atoms with E-state index in [4.69, 9.17) is 5.73 Å². The van der Waals surface area contributed by atoms with E-state index in [1.54, 1.807) is 6.92 Å². The zero-order valence-corrected chi connectivity index (χ0v) is 13.1. The summed E-state index contributed by atoms with van der Waals surface area (Å²) in [5, 5.41) is 0. The molecule has 2 N–H and O–H groups in total. The zero-order valence-electron chi connectivity index (χ0n) is 12.3. The van der Waals surface area contributed by atoms with Gasteiger partial charge in [0.15, 0.2) is 0 Å². The van der Waals surface area contributed by atoms with Crippen LogP contribution in [0.5, 0.6) is 0 Å². The van der Waals surface area contributed by atoms with Gasteiger partial charge in [-0.1, -0.05) is 19.1 Å². The molecule has 0 spiro atoms. The van der Waals surface area contributed by atoms with E-state index in [1.807, 2.05) is 23.9 Å². The van der Waals surface area contributed by atoms with Gasteiger partial charge in [-0.15, -0.1) is 0 Å². The molecular formula is C15H25FN2S. The molecule has 0 aliphatic heterocycles. The van der Waals surface area contributed by atoms with Crippen LogP contribution in [-0.2, 0) is 0 Å². The van der Waals surface area contributed by atoms with Gasteiger partial charge in [0.25, 0.3) is 0 Å². The second kappa shape index (κ2) is 7.88. The van der Waals surface area contributed by atoms with Crippen molar-refractivity contribution in [1.29, 1.82) is 0 Å². The van der Waals surface area contributed by atoms with Crippen molar-refractivity contribution < 1.29 is 4.39 Å². The van der Waals surface area contributed by atoms with E-state index in [1.165, 1.54) is 6.07 Å². The number of rotatable bonds is 7. The fourth-order valence-corrected chi connectivity index (χ4v) is 3.24. The summed E-state index contributed by atoms with van der Waals surface area (Å²) >= 11 is 1.85. The second-order valence-corrected chi connectivity index (χ2v) is 5.85. The SMILES string of the molecule is CCC(CSC)N(C)C(CN)c1ccc(F)c(C)c1. The second-order valence-electron chi connectivity index (χ2n) is 4.94. The molecular weight excluding hydrogens is 259 g/mol. The Morgan fingerprint density at radius 3 is 2.58 bits per heavy atom. The Kier molecular flexibility index (Phi) is 6.83. The van der Waals surface area contributed by atoms with Crippen LogP contribution in [0.1, 0.15) is 30.5 Å². The van der Waals surface area contributed by atoms with Gasteiger partial charge in [0.1, 0.15) is 5.82 Å². The predicted octanol–water partition coefficient (Wildman–Crippen LogP) is 3.21. The molecule has 19 heavy (non-hydrogen) atoms. The number of nitrogens with two attached hydrogens (primary N) is 1. The van der Waals surface area contributed by atoms with Crippen molar-refractivity contribution in [3.05, 3.63) is 35.1 Å². The lowest BCUT2D eigenvalue weighted by molar-refractivity contribution is 0.188. The maximum absolute atomic E-state index is 13.4. The average Bonchev–Trinajstić information content (AvgIpc) is 2.40.